The summed E-state index contributed by atoms with van der Waals surface area (Å²) in [5.41, 5.74) is 1.02. The Kier molecular flexibility index (Phi) is 5.90. The van der Waals surface area contributed by atoms with Crippen molar-refractivity contribution >= 4 is 17.2 Å². The predicted octanol–water partition coefficient (Wildman–Crippen LogP) is 2.49. The van der Waals surface area contributed by atoms with Gasteiger partial charge in [0.2, 0.25) is 5.91 Å². The lowest BCUT2D eigenvalue weighted by Gasteiger charge is -2.26. The summed E-state index contributed by atoms with van der Waals surface area (Å²) in [4.78, 5) is 18.8. The van der Waals surface area contributed by atoms with Crippen molar-refractivity contribution in [2.75, 3.05) is 20.1 Å². The first kappa shape index (κ1) is 15.7. The van der Waals surface area contributed by atoms with Gasteiger partial charge in [-0.1, -0.05) is 37.3 Å². The van der Waals surface area contributed by atoms with Crippen molar-refractivity contribution in [2.45, 2.75) is 19.4 Å². The van der Waals surface area contributed by atoms with Crippen LogP contribution >= 0.6 is 11.3 Å². The molecule has 2 aromatic rings. The minimum Gasteiger partial charge on any atom is -0.354 e. The number of carbonyl (C=O) groups excluding carboxylic acids is 1. The standard InChI is InChI=1S/C16H21N3OS/c1-3-19(2)15(13-7-5-4-6-8-13)16(20)18-10-9-14-17-11-12-21-14/h4-8,11-12,15H,3,9-10H2,1-2H3,(H,18,20). The van der Waals surface area contributed by atoms with Gasteiger partial charge >= 0.3 is 0 Å². The van der Waals surface area contributed by atoms with Crippen LogP contribution in [0.15, 0.2) is 41.9 Å². The maximum absolute atomic E-state index is 12.5. The third kappa shape index (κ3) is 4.37. The molecule has 21 heavy (non-hydrogen) atoms. The average Bonchev–Trinajstić information content (AvgIpc) is 3.01. The van der Waals surface area contributed by atoms with Crippen LogP contribution in [-0.2, 0) is 11.2 Å². The molecular weight excluding hydrogens is 282 g/mol. The van der Waals surface area contributed by atoms with E-state index in [2.05, 4.69) is 17.2 Å². The molecule has 1 unspecified atom stereocenters. The Morgan fingerprint density at radius 2 is 2.14 bits per heavy atom. The summed E-state index contributed by atoms with van der Waals surface area (Å²) in [5.74, 6) is 0.0436. The largest absolute Gasteiger partial charge is 0.354 e. The molecule has 1 N–H and O–H groups in total. The molecule has 0 bridgehead atoms. The van der Waals surface area contributed by atoms with E-state index in [9.17, 15) is 4.79 Å². The quantitative estimate of drug-likeness (QED) is 0.855. The lowest BCUT2D eigenvalue weighted by molar-refractivity contribution is -0.126. The van der Waals surface area contributed by atoms with E-state index in [1.54, 1.807) is 17.5 Å². The summed E-state index contributed by atoms with van der Waals surface area (Å²) in [7, 11) is 1.97. The molecule has 1 aromatic heterocycles. The topological polar surface area (TPSA) is 45.2 Å². The SMILES string of the molecule is CCN(C)C(C(=O)NCCc1nccs1)c1ccccc1. The first-order valence-corrected chi connectivity index (χ1v) is 8.01. The van der Waals surface area contributed by atoms with Gasteiger partial charge in [0.25, 0.3) is 0 Å². The van der Waals surface area contributed by atoms with Crippen LogP contribution in [-0.4, -0.2) is 35.9 Å². The van der Waals surface area contributed by atoms with Crippen LogP contribution in [0.4, 0.5) is 0 Å². The van der Waals surface area contributed by atoms with Crippen LogP contribution in [0.25, 0.3) is 0 Å². The average molecular weight is 303 g/mol. The molecule has 112 valence electrons. The predicted molar refractivity (Wildman–Crippen MR) is 86.3 cm³/mol. The van der Waals surface area contributed by atoms with Crippen LogP contribution in [0.5, 0.6) is 0 Å². The summed E-state index contributed by atoms with van der Waals surface area (Å²) in [5, 5.41) is 6.03. The Bertz CT molecular complexity index is 542. The molecule has 5 heteroatoms. The van der Waals surface area contributed by atoms with E-state index in [1.165, 1.54) is 0 Å². The number of nitrogens with zero attached hydrogens (tertiary/aromatic N) is 2. The number of carbonyl (C=O) groups is 1. The lowest BCUT2D eigenvalue weighted by Crippen LogP contribution is -2.39. The highest BCUT2D eigenvalue weighted by Gasteiger charge is 2.23. The number of benzene rings is 1. The molecule has 0 aliphatic carbocycles. The Labute approximate surface area is 129 Å². The summed E-state index contributed by atoms with van der Waals surface area (Å²) >= 11 is 1.62. The maximum Gasteiger partial charge on any atom is 0.241 e. The number of rotatable bonds is 7. The number of likely N-dealkylation sites (N-methyl/N-ethyl adjacent to an activating group) is 1. The molecule has 2 rings (SSSR count). The third-order valence-corrected chi connectivity index (χ3v) is 4.26. The highest BCUT2D eigenvalue weighted by atomic mass is 32.1. The molecule has 0 aliphatic heterocycles. The maximum atomic E-state index is 12.5. The Morgan fingerprint density at radius 1 is 1.38 bits per heavy atom. The lowest BCUT2D eigenvalue weighted by atomic mass is 10.0. The molecule has 0 saturated heterocycles. The molecule has 0 spiro atoms. The Morgan fingerprint density at radius 3 is 2.76 bits per heavy atom. The normalized spacial score (nSPS) is 12.3. The van der Waals surface area contributed by atoms with Crippen LogP contribution < -0.4 is 5.32 Å². The van der Waals surface area contributed by atoms with Crippen LogP contribution in [0, 0.1) is 0 Å². The van der Waals surface area contributed by atoms with E-state index < -0.39 is 0 Å². The molecule has 1 amide bonds. The van der Waals surface area contributed by atoms with Gasteiger partial charge in [-0.25, -0.2) is 4.98 Å². The number of hydrogen-bond donors (Lipinski definition) is 1. The van der Waals surface area contributed by atoms with Crippen molar-refractivity contribution in [1.82, 2.24) is 15.2 Å². The van der Waals surface area contributed by atoms with Crippen molar-refractivity contribution in [1.29, 1.82) is 0 Å². The first-order valence-electron chi connectivity index (χ1n) is 7.13. The van der Waals surface area contributed by atoms with Crippen molar-refractivity contribution in [3.63, 3.8) is 0 Å². The summed E-state index contributed by atoms with van der Waals surface area (Å²) in [6.45, 7) is 3.49. The highest BCUT2D eigenvalue weighted by Crippen LogP contribution is 2.19. The zero-order chi connectivity index (χ0) is 15.1. The minimum atomic E-state index is -0.243. The van der Waals surface area contributed by atoms with Crippen molar-refractivity contribution in [2.24, 2.45) is 0 Å². The van der Waals surface area contributed by atoms with Crippen LogP contribution in [0.2, 0.25) is 0 Å². The smallest absolute Gasteiger partial charge is 0.241 e. The van der Waals surface area contributed by atoms with Gasteiger partial charge in [-0.3, -0.25) is 9.69 Å². The van der Waals surface area contributed by atoms with Gasteiger partial charge < -0.3 is 5.32 Å². The number of thiazole rings is 1. The minimum absolute atomic E-state index is 0.0436. The van der Waals surface area contributed by atoms with E-state index in [0.29, 0.717) is 6.54 Å². The Balaban J connectivity index is 1.98. The molecule has 1 heterocycles. The fourth-order valence-electron chi connectivity index (χ4n) is 2.19. The van der Waals surface area contributed by atoms with Gasteiger partial charge in [0, 0.05) is 24.5 Å². The number of nitrogens with one attached hydrogen (secondary N) is 1. The van der Waals surface area contributed by atoms with Gasteiger partial charge in [-0.15, -0.1) is 11.3 Å². The zero-order valence-corrected chi connectivity index (χ0v) is 13.3. The van der Waals surface area contributed by atoms with Gasteiger partial charge in [-0.2, -0.15) is 0 Å². The summed E-state index contributed by atoms with van der Waals surface area (Å²) in [6, 6.07) is 9.65. The summed E-state index contributed by atoms with van der Waals surface area (Å²) in [6.07, 6.45) is 2.57. The summed E-state index contributed by atoms with van der Waals surface area (Å²) < 4.78 is 0. The molecule has 1 atom stereocenters. The second-order valence-corrected chi connectivity index (χ2v) is 5.83. The Hall–Kier alpha value is -1.72. The van der Waals surface area contributed by atoms with Crippen molar-refractivity contribution < 1.29 is 4.79 Å². The molecule has 0 saturated carbocycles. The van der Waals surface area contributed by atoms with Gasteiger partial charge in [0.1, 0.15) is 6.04 Å². The highest BCUT2D eigenvalue weighted by molar-refractivity contribution is 7.09. The number of aromatic nitrogens is 1. The molecular formula is C16H21N3OS. The first-order chi connectivity index (χ1) is 10.2. The zero-order valence-electron chi connectivity index (χ0n) is 12.5. The fraction of sp³-hybridized carbons (Fsp3) is 0.375. The van der Waals surface area contributed by atoms with E-state index in [-0.39, 0.29) is 11.9 Å². The van der Waals surface area contributed by atoms with Gasteiger partial charge in [0.15, 0.2) is 0 Å². The molecule has 4 nitrogen and oxygen atoms in total. The molecule has 0 aliphatic rings. The van der Waals surface area contributed by atoms with E-state index in [1.807, 2.05) is 47.7 Å². The van der Waals surface area contributed by atoms with Gasteiger partial charge in [0.05, 0.1) is 5.01 Å². The molecule has 0 fully saturated rings. The van der Waals surface area contributed by atoms with E-state index in [0.717, 1.165) is 23.5 Å². The van der Waals surface area contributed by atoms with Crippen molar-refractivity contribution in [3.05, 3.63) is 52.5 Å². The fourth-order valence-corrected chi connectivity index (χ4v) is 2.81. The van der Waals surface area contributed by atoms with Crippen LogP contribution in [0.1, 0.15) is 23.5 Å². The second kappa shape index (κ2) is 7.90. The van der Waals surface area contributed by atoms with Crippen molar-refractivity contribution in [3.8, 4) is 0 Å². The second-order valence-electron chi connectivity index (χ2n) is 4.85. The molecule has 0 radical (unpaired) electrons. The number of amides is 1. The van der Waals surface area contributed by atoms with E-state index >= 15 is 0 Å². The monoisotopic (exact) mass is 303 g/mol. The van der Waals surface area contributed by atoms with Gasteiger partial charge in [-0.05, 0) is 19.2 Å². The van der Waals surface area contributed by atoms with Crippen LogP contribution in [0.3, 0.4) is 0 Å². The third-order valence-electron chi connectivity index (χ3n) is 3.42. The van der Waals surface area contributed by atoms with E-state index in [4.69, 9.17) is 0 Å². The molecule has 1 aromatic carbocycles. The number of hydrogen-bond acceptors (Lipinski definition) is 4.